The van der Waals surface area contributed by atoms with Crippen LogP contribution in [-0.4, -0.2) is 46.2 Å². The Hall–Kier alpha value is -2.20. The summed E-state index contributed by atoms with van der Waals surface area (Å²) in [5.74, 6) is 4.85. The third-order valence-corrected chi connectivity index (χ3v) is 17.8. The fourth-order valence-electron chi connectivity index (χ4n) is 16.0. The van der Waals surface area contributed by atoms with Gasteiger partial charge in [0.25, 0.3) is 0 Å². The highest BCUT2D eigenvalue weighted by atomic mass is 16.5. The lowest BCUT2D eigenvalue weighted by atomic mass is 9.22. The summed E-state index contributed by atoms with van der Waals surface area (Å²) in [5.41, 5.74) is 9.04. The van der Waals surface area contributed by atoms with Gasteiger partial charge in [0, 0.05) is 34.9 Å². The lowest BCUT2D eigenvalue weighted by molar-refractivity contribution is -0.0511. The average molecular weight is 697 g/mol. The summed E-state index contributed by atoms with van der Waals surface area (Å²) >= 11 is 0. The number of rotatable bonds is 3. The van der Waals surface area contributed by atoms with Gasteiger partial charge in [0.2, 0.25) is 6.71 Å². The standard InChI is InChI=1S/C48H65BN2O/c1-31-27-40-43-41(28-31)51-45-37(48(47(51,2)3)25-15-6-16-26-48)29-34(32-17-7-4-8-18-32)30-38(45)49(43)46-44(36-22-12-14-24-42(36)52-46)50(40)39-23-13-11-21-35(39)33-19-9-5-10-20-33/h9,12,14,19-20,22,24,30-32,37-38,40-41,43-46H,4-8,10-11,13,15-18,21,23,25-29H2,1-3H3. The molecule has 1 aromatic rings. The average Bonchev–Trinajstić information content (AvgIpc) is 3.65. The number of hydrogen-bond acceptors (Lipinski definition) is 3. The summed E-state index contributed by atoms with van der Waals surface area (Å²) in [4.78, 5) is 6.46. The van der Waals surface area contributed by atoms with Gasteiger partial charge in [-0.25, -0.2) is 0 Å². The molecule has 0 amide bonds. The number of ether oxygens (including phenoxy) is 1. The van der Waals surface area contributed by atoms with Gasteiger partial charge >= 0.3 is 0 Å². The molecule has 1 spiro atoms. The fraction of sp³-hybridized carbons (Fsp3) is 0.708. The summed E-state index contributed by atoms with van der Waals surface area (Å²) in [6.07, 6.45) is 36.7. The summed E-state index contributed by atoms with van der Waals surface area (Å²) in [5, 5.41) is 0. The largest absolute Gasteiger partial charge is 0.496 e. The molecule has 0 N–H and O–H groups in total. The maximum atomic E-state index is 7.54. The second kappa shape index (κ2) is 12.4. The van der Waals surface area contributed by atoms with E-state index < -0.39 is 0 Å². The summed E-state index contributed by atoms with van der Waals surface area (Å²) in [7, 11) is 0. The first-order chi connectivity index (χ1) is 25.5. The molecule has 9 unspecified atom stereocenters. The molecule has 52 heavy (non-hydrogen) atoms. The Kier molecular flexibility index (Phi) is 7.92. The second-order valence-corrected chi connectivity index (χ2v) is 20.2. The van der Waals surface area contributed by atoms with Gasteiger partial charge in [-0.3, -0.25) is 4.90 Å². The van der Waals surface area contributed by atoms with Crippen molar-refractivity contribution >= 4 is 6.71 Å². The van der Waals surface area contributed by atoms with Crippen molar-refractivity contribution in [2.24, 2.45) is 23.2 Å². The van der Waals surface area contributed by atoms with Crippen LogP contribution in [0.4, 0.5) is 0 Å². The van der Waals surface area contributed by atoms with Gasteiger partial charge in [-0.1, -0.05) is 93.5 Å². The van der Waals surface area contributed by atoms with Crippen LogP contribution in [0.1, 0.15) is 154 Å². The minimum absolute atomic E-state index is 0.238. The minimum atomic E-state index is 0.238. The lowest BCUT2D eigenvalue weighted by Gasteiger charge is -2.66. The summed E-state index contributed by atoms with van der Waals surface area (Å²) in [6.45, 7) is 8.78. The van der Waals surface area contributed by atoms with E-state index in [2.05, 4.69) is 79.1 Å². The number of para-hydroxylation sites is 1. The molecule has 4 heteroatoms. The van der Waals surface area contributed by atoms with Crippen LogP contribution in [0, 0.1) is 23.2 Å². The van der Waals surface area contributed by atoms with Crippen molar-refractivity contribution in [1.82, 2.24) is 9.80 Å². The molecule has 0 bridgehead atoms. The quantitative estimate of drug-likeness (QED) is 0.231. The van der Waals surface area contributed by atoms with Gasteiger partial charge < -0.3 is 9.64 Å². The van der Waals surface area contributed by atoms with E-state index >= 15 is 0 Å². The fourth-order valence-corrected chi connectivity index (χ4v) is 16.0. The topological polar surface area (TPSA) is 15.7 Å². The lowest BCUT2D eigenvalue weighted by Crippen LogP contribution is -2.73. The molecule has 3 saturated carbocycles. The number of hydrogen-bond donors (Lipinski definition) is 0. The Balaban J connectivity index is 1.12. The van der Waals surface area contributed by atoms with Crippen LogP contribution < -0.4 is 4.74 Å². The van der Waals surface area contributed by atoms with Gasteiger partial charge in [-0.05, 0) is 149 Å². The van der Waals surface area contributed by atoms with Crippen LogP contribution in [0.3, 0.4) is 0 Å². The van der Waals surface area contributed by atoms with E-state index in [1.165, 1.54) is 133 Å². The maximum absolute atomic E-state index is 7.54. The number of allylic oxidation sites excluding steroid dienone is 7. The van der Waals surface area contributed by atoms with Crippen LogP contribution in [-0.2, 0) is 0 Å². The molecule has 6 fully saturated rings. The zero-order chi connectivity index (χ0) is 34.8. The maximum Gasteiger partial charge on any atom is 0.209 e. The van der Waals surface area contributed by atoms with Crippen molar-refractivity contribution in [3.63, 3.8) is 0 Å². The van der Waals surface area contributed by atoms with Crippen molar-refractivity contribution in [1.29, 1.82) is 0 Å². The zero-order valence-corrected chi connectivity index (χ0v) is 32.7. The Morgan fingerprint density at radius 2 is 1.65 bits per heavy atom. The molecule has 9 atom stereocenters. The molecule has 11 rings (SSSR count). The third-order valence-electron chi connectivity index (χ3n) is 17.8. The van der Waals surface area contributed by atoms with Gasteiger partial charge in [0.1, 0.15) is 5.75 Å². The Labute approximate surface area is 315 Å². The zero-order valence-electron chi connectivity index (χ0n) is 32.7. The highest BCUT2D eigenvalue weighted by molar-refractivity contribution is 6.65. The smallest absolute Gasteiger partial charge is 0.209 e. The monoisotopic (exact) mass is 697 g/mol. The molecule has 10 aliphatic rings. The van der Waals surface area contributed by atoms with Crippen molar-refractivity contribution in [2.45, 2.75) is 190 Å². The molecule has 6 aliphatic carbocycles. The molecule has 0 aromatic heterocycles. The Morgan fingerprint density at radius 1 is 0.865 bits per heavy atom. The van der Waals surface area contributed by atoms with Crippen molar-refractivity contribution in [3.05, 3.63) is 76.5 Å². The molecule has 4 heterocycles. The molecule has 276 valence electrons. The van der Waals surface area contributed by atoms with E-state index in [-0.39, 0.29) is 11.5 Å². The molecule has 3 nitrogen and oxygen atoms in total. The molecular weight excluding hydrogens is 631 g/mol. The highest BCUT2D eigenvalue weighted by Crippen LogP contribution is 2.72. The SMILES string of the molecule is CC1CC2C3B(C4C=C(C5CCCCC5)CC5C4N(C3C1)C(C)(C)C51CCCCC1)C1Oc3ccccc3C1N2C1=C(C2=CCCC=C2)CCCC1. The van der Waals surface area contributed by atoms with Crippen molar-refractivity contribution < 1.29 is 4.74 Å². The van der Waals surface area contributed by atoms with Crippen molar-refractivity contribution in [2.75, 3.05) is 0 Å². The number of fused-ring (bicyclic) bond motifs is 7. The second-order valence-electron chi connectivity index (χ2n) is 20.2. The summed E-state index contributed by atoms with van der Waals surface area (Å²) < 4.78 is 7.54. The molecule has 3 saturated heterocycles. The molecular formula is C48H65BN2O. The van der Waals surface area contributed by atoms with Gasteiger partial charge in [-0.15, -0.1) is 0 Å². The predicted molar refractivity (Wildman–Crippen MR) is 215 cm³/mol. The molecule has 0 radical (unpaired) electrons. The normalized spacial score (nSPS) is 40.4. The van der Waals surface area contributed by atoms with Gasteiger partial charge in [0.15, 0.2) is 0 Å². The minimum Gasteiger partial charge on any atom is -0.496 e. The van der Waals surface area contributed by atoms with Gasteiger partial charge in [0.05, 0.1) is 12.0 Å². The first kappa shape index (κ1) is 33.2. The Morgan fingerprint density at radius 3 is 2.48 bits per heavy atom. The first-order valence-electron chi connectivity index (χ1n) is 22.6. The Bertz CT molecular complexity index is 1710. The van der Waals surface area contributed by atoms with E-state index in [9.17, 15) is 0 Å². The van der Waals surface area contributed by atoms with E-state index in [0.717, 1.165) is 17.8 Å². The van der Waals surface area contributed by atoms with E-state index in [1.54, 1.807) is 16.8 Å². The first-order valence-corrected chi connectivity index (χ1v) is 22.6. The highest BCUT2D eigenvalue weighted by Gasteiger charge is 2.74. The van der Waals surface area contributed by atoms with Crippen LogP contribution in [0.15, 0.2) is 71.0 Å². The number of nitrogens with zero attached hydrogens (tertiary/aromatic N) is 2. The van der Waals surface area contributed by atoms with E-state index in [1.807, 2.05) is 5.57 Å². The van der Waals surface area contributed by atoms with E-state index in [0.29, 0.717) is 47.9 Å². The van der Waals surface area contributed by atoms with Crippen LogP contribution in [0.25, 0.3) is 0 Å². The molecule has 4 aliphatic heterocycles. The number of benzene rings is 1. The van der Waals surface area contributed by atoms with Gasteiger partial charge in [-0.2, -0.15) is 0 Å². The van der Waals surface area contributed by atoms with Crippen LogP contribution >= 0.6 is 0 Å². The van der Waals surface area contributed by atoms with Crippen molar-refractivity contribution in [3.8, 4) is 5.75 Å². The van der Waals surface area contributed by atoms with E-state index in [4.69, 9.17) is 4.74 Å². The third kappa shape index (κ3) is 4.60. The van der Waals surface area contributed by atoms with Crippen LogP contribution in [0.2, 0.25) is 11.6 Å². The summed E-state index contributed by atoms with van der Waals surface area (Å²) in [6, 6.07) is 11.8. The predicted octanol–water partition coefficient (Wildman–Crippen LogP) is 11.8. The van der Waals surface area contributed by atoms with Crippen LogP contribution in [0.5, 0.6) is 5.75 Å². The molecule has 1 aromatic carbocycles.